The zero-order chi connectivity index (χ0) is 8.10. The summed E-state index contributed by atoms with van der Waals surface area (Å²) in [7, 11) is 1.97. The van der Waals surface area contributed by atoms with E-state index in [2.05, 4.69) is 5.32 Å². The van der Waals surface area contributed by atoms with E-state index in [1.165, 1.54) is 19.3 Å². The van der Waals surface area contributed by atoms with Crippen molar-refractivity contribution in [2.75, 3.05) is 13.6 Å². The van der Waals surface area contributed by atoms with E-state index in [0.717, 1.165) is 19.4 Å². The highest BCUT2D eigenvalue weighted by Crippen LogP contribution is 2.26. The van der Waals surface area contributed by atoms with Crippen LogP contribution in [0.2, 0.25) is 0 Å². The predicted molar refractivity (Wildman–Crippen MR) is 46.5 cm³/mol. The summed E-state index contributed by atoms with van der Waals surface area (Å²) < 4.78 is 0. The Hall–Kier alpha value is -0.0800. The maximum Gasteiger partial charge on any atom is 0.0568 e. The van der Waals surface area contributed by atoms with Gasteiger partial charge in [0.2, 0.25) is 0 Å². The van der Waals surface area contributed by atoms with E-state index in [0.29, 0.717) is 5.92 Å². The molecule has 0 aromatic rings. The minimum Gasteiger partial charge on any atom is -0.393 e. The number of hydrogen-bond donors (Lipinski definition) is 2. The first-order valence-corrected chi connectivity index (χ1v) is 4.67. The first kappa shape index (κ1) is 9.01. The van der Waals surface area contributed by atoms with E-state index in [1.807, 2.05) is 7.05 Å². The molecule has 2 N–H and O–H groups in total. The van der Waals surface area contributed by atoms with Gasteiger partial charge in [0, 0.05) is 0 Å². The van der Waals surface area contributed by atoms with Crippen molar-refractivity contribution in [2.45, 2.75) is 38.2 Å². The number of aliphatic hydroxyl groups is 1. The molecule has 0 aromatic heterocycles. The van der Waals surface area contributed by atoms with Gasteiger partial charge in [-0.1, -0.05) is 12.8 Å². The summed E-state index contributed by atoms with van der Waals surface area (Å²) in [6, 6.07) is 0. The second kappa shape index (κ2) is 4.73. The average molecular weight is 157 g/mol. The first-order chi connectivity index (χ1) is 5.34. The number of aliphatic hydroxyl groups excluding tert-OH is 1. The van der Waals surface area contributed by atoms with Crippen molar-refractivity contribution in [3.05, 3.63) is 0 Å². The molecule has 2 heteroatoms. The standard InChI is InChI=1S/C9H19NO/c1-10-7-6-8-4-2-3-5-9(8)11/h8-11H,2-7H2,1H3. The molecule has 66 valence electrons. The maximum atomic E-state index is 9.57. The van der Waals surface area contributed by atoms with Crippen LogP contribution in [0.5, 0.6) is 0 Å². The molecule has 1 aliphatic carbocycles. The number of hydrogen-bond acceptors (Lipinski definition) is 2. The highest BCUT2D eigenvalue weighted by molar-refractivity contribution is 4.74. The molecule has 0 aliphatic heterocycles. The monoisotopic (exact) mass is 157 g/mol. The molecule has 1 aliphatic rings. The van der Waals surface area contributed by atoms with Gasteiger partial charge in [0.1, 0.15) is 0 Å². The van der Waals surface area contributed by atoms with Crippen LogP contribution in [0.15, 0.2) is 0 Å². The Balaban J connectivity index is 2.18. The molecule has 0 amide bonds. The Morgan fingerprint density at radius 1 is 1.36 bits per heavy atom. The van der Waals surface area contributed by atoms with Gasteiger partial charge in [-0.2, -0.15) is 0 Å². The van der Waals surface area contributed by atoms with Crippen molar-refractivity contribution in [1.82, 2.24) is 5.32 Å². The molecule has 0 heterocycles. The predicted octanol–water partition coefficient (Wildman–Crippen LogP) is 1.15. The van der Waals surface area contributed by atoms with E-state index in [4.69, 9.17) is 0 Å². The minimum absolute atomic E-state index is 0.0166. The summed E-state index contributed by atoms with van der Waals surface area (Å²) in [5.41, 5.74) is 0. The van der Waals surface area contributed by atoms with E-state index < -0.39 is 0 Å². The van der Waals surface area contributed by atoms with E-state index in [-0.39, 0.29) is 6.10 Å². The third-order valence-electron chi connectivity index (χ3n) is 2.63. The minimum atomic E-state index is -0.0166. The Kier molecular flexibility index (Phi) is 3.87. The normalized spacial score (nSPS) is 32.2. The molecule has 2 atom stereocenters. The van der Waals surface area contributed by atoms with Gasteiger partial charge < -0.3 is 10.4 Å². The molecule has 2 nitrogen and oxygen atoms in total. The Morgan fingerprint density at radius 2 is 2.09 bits per heavy atom. The molecular formula is C9H19NO. The van der Waals surface area contributed by atoms with Crippen LogP contribution in [0.4, 0.5) is 0 Å². The van der Waals surface area contributed by atoms with Gasteiger partial charge in [-0.05, 0) is 38.8 Å². The van der Waals surface area contributed by atoms with Crippen LogP contribution < -0.4 is 5.32 Å². The fourth-order valence-corrected chi connectivity index (χ4v) is 1.85. The molecule has 11 heavy (non-hydrogen) atoms. The third kappa shape index (κ3) is 2.80. The fraction of sp³-hybridized carbons (Fsp3) is 1.00. The topological polar surface area (TPSA) is 32.3 Å². The first-order valence-electron chi connectivity index (χ1n) is 4.67. The Morgan fingerprint density at radius 3 is 2.73 bits per heavy atom. The van der Waals surface area contributed by atoms with Gasteiger partial charge in [-0.3, -0.25) is 0 Å². The lowest BCUT2D eigenvalue weighted by molar-refractivity contribution is 0.0657. The zero-order valence-electron chi connectivity index (χ0n) is 7.34. The van der Waals surface area contributed by atoms with Crippen molar-refractivity contribution in [3.63, 3.8) is 0 Å². The summed E-state index contributed by atoms with van der Waals surface area (Å²) in [5, 5.41) is 12.7. The molecule has 1 rings (SSSR count). The Bertz CT molecular complexity index is 106. The molecule has 0 spiro atoms. The SMILES string of the molecule is CNCCC1CCCCC1O. The van der Waals surface area contributed by atoms with Gasteiger partial charge in [0.05, 0.1) is 6.10 Å². The third-order valence-corrected chi connectivity index (χ3v) is 2.63. The van der Waals surface area contributed by atoms with Crippen LogP contribution >= 0.6 is 0 Å². The average Bonchev–Trinajstić information content (AvgIpc) is 2.03. The van der Waals surface area contributed by atoms with Crippen LogP contribution in [-0.2, 0) is 0 Å². The summed E-state index contributed by atoms with van der Waals surface area (Å²) in [6.45, 7) is 1.04. The van der Waals surface area contributed by atoms with Gasteiger partial charge in [0.15, 0.2) is 0 Å². The Labute approximate surface area is 69.0 Å². The number of rotatable bonds is 3. The second-order valence-electron chi connectivity index (χ2n) is 3.50. The maximum absolute atomic E-state index is 9.57. The van der Waals surface area contributed by atoms with Crippen LogP contribution in [0.1, 0.15) is 32.1 Å². The summed E-state index contributed by atoms with van der Waals surface area (Å²) >= 11 is 0. The zero-order valence-corrected chi connectivity index (χ0v) is 7.34. The largest absolute Gasteiger partial charge is 0.393 e. The van der Waals surface area contributed by atoms with Gasteiger partial charge in [0.25, 0.3) is 0 Å². The van der Waals surface area contributed by atoms with Crippen molar-refractivity contribution in [1.29, 1.82) is 0 Å². The van der Waals surface area contributed by atoms with E-state index >= 15 is 0 Å². The molecule has 0 radical (unpaired) electrons. The fourth-order valence-electron chi connectivity index (χ4n) is 1.85. The van der Waals surface area contributed by atoms with Crippen LogP contribution in [0.3, 0.4) is 0 Å². The molecule has 1 fully saturated rings. The lowest BCUT2D eigenvalue weighted by Crippen LogP contribution is -2.27. The molecule has 2 unspecified atom stereocenters. The van der Waals surface area contributed by atoms with E-state index in [9.17, 15) is 5.11 Å². The van der Waals surface area contributed by atoms with Crippen molar-refractivity contribution >= 4 is 0 Å². The van der Waals surface area contributed by atoms with Crippen LogP contribution in [-0.4, -0.2) is 24.8 Å². The van der Waals surface area contributed by atoms with Crippen molar-refractivity contribution in [2.24, 2.45) is 5.92 Å². The lowest BCUT2D eigenvalue weighted by atomic mass is 9.84. The van der Waals surface area contributed by atoms with E-state index in [1.54, 1.807) is 0 Å². The molecule has 0 aromatic carbocycles. The second-order valence-corrected chi connectivity index (χ2v) is 3.50. The highest BCUT2D eigenvalue weighted by atomic mass is 16.3. The number of nitrogens with one attached hydrogen (secondary N) is 1. The van der Waals surface area contributed by atoms with Gasteiger partial charge in [-0.25, -0.2) is 0 Å². The molecule has 0 bridgehead atoms. The van der Waals surface area contributed by atoms with Gasteiger partial charge in [-0.15, -0.1) is 0 Å². The summed E-state index contributed by atoms with van der Waals surface area (Å²) in [6.07, 6.45) is 5.90. The lowest BCUT2D eigenvalue weighted by Gasteiger charge is -2.27. The smallest absolute Gasteiger partial charge is 0.0568 e. The highest BCUT2D eigenvalue weighted by Gasteiger charge is 2.21. The van der Waals surface area contributed by atoms with Crippen LogP contribution in [0, 0.1) is 5.92 Å². The molecule has 0 saturated heterocycles. The quantitative estimate of drug-likeness (QED) is 0.644. The van der Waals surface area contributed by atoms with Crippen LogP contribution in [0.25, 0.3) is 0 Å². The van der Waals surface area contributed by atoms with Gasteiger partial charge >= 0.3 is 0 Å². The van der Waals surface area contributed by atoms with Crippen molar-refractivity contribution in [3.8, 4) is 0 Å². The molecule has 1 saturated carbocycles. The van der Waals surface area contributed by atoms with Crippen molar-refractivity contribution < 1.29 is 5.11 Å². The summed E-state index contributed by atoms with van der Waals surface area (Å²) in [4.78, 5) is 0. The summed E-state index contributed by atoms with van der Waals surface area (Å²) in [5.74, 6) is 0.566. The molecular weight excluding hydrogens is 138 g/mol.